The topological polar surface area (TPSA) is 83.5 Å². The average molecular weight is 492 g/mol. The predicted molar refractivity (Wildman–Crippen MR) is 133 cm³/mol. The Hall–Kier alpha value is -4.20. The number of carbonyl (C=O) groups is 2. The van der Waals surface area contributed by atoms with Crippen molar-refractivity contribution in [3.05, 3.63) is 83.4 Å². The van der Waals surface area contributed by atoms with Crippen LogP contribution in [0.1, 0.15) is 27.5 Å². The van der Waals surface area contributed by atoms with E-state index < -0.39 is 5.97 Å². The van der Waals surface area contributed by atoms with E-state index in [1.807, 2.05) is 42.5 Å². The summed E-state index contributed by atoms with van der Waals surface area (Å²) in [6.07, 6.45) is 0.664. The molecular formula is C28H29NO7. The zero-order chi connectivity index (χ0) is 25.5. The number of rotatable bonds is 9. The van der Waals surface area contributed by atoms with Crippen molar-refractivity contribution in [3.63, 3.8) is 0 Å². The van der Waals surface area contributed by atoms with Crippen LogP contribution >= 0.6 is 0 Å². The highest BCUT2D eigenvalue weighted by atomic mass is 16.5. The summed E-state index contributed by atoms with van der Waals surface area (Å²) in [5.74, 6) is 1.87. The lowest BCUT2D eigenvalue weighted by Crippen LogP contribution is -2.44. The van der Waals surface area contributed by atoms with E-state index >= 15 is 0 Å². The van der Waals surface area contributed by atoms with E-state index in [0.717, 1.165) is 11.1 Å². The maximum atomic E-state index is 13.3. The number of benzene rings is 3. The molecule has 188 valence electrons. The van der Waals surface area contributed by atoms with Gasteiger partial charge in [0, 0.05) is 6.54 Å². The van der Waals surface area contributed by atoms with Gasteiger partial charge in [-0.15, -0.1) is 0 Å². The summed E-state index contributed by atoms with van der Waals surface area (Å²) in [5.41, 5.74) is 2.42. The number of methoxy groups -OCH3 is 3. The van der Waals surface area contributed by atoms with E-state index in [9.17, 15) is 9.59 Å². The van der Waals surface area contributed by atoms with Crippen LogP contribution < -0.4 is 18.9 Å². The number of amides is 1. The molecule has 0 aromatic heterocycles. The fraction of sp³-hybridized carbons (Fsp3) is 0.286. The van der Waals surface area contributed by atoms with E-state index in [1.54, 1.807) is 43.4 Å². The van der Waals surface area contributed by atoms with Crippen LogP contribution in [0.4, 0.5) is 0 Å². The van der Waals surface area contributed by atoms with Crippen molar-refractivity contribution in [2.24, 2.45) is 0 Å². The zero-order valence-electron chi connectivity index (χ0n) is 20.6. The molecule has 3 aromatic rings. The Morgan fingerprint density at radius 1 is 0.861 bits per heavy atom. The lowest BCUT2D eigenvalue weighted by molar-refractivity contribution is -0.137. The molecular weight excluding hydrogens is 462 g/mol. The Balaban J connectivity index is 1.57. The highest BCUT2D eigenvalue weighted by Gasteiger charge is 2.33. The lowest BCUT2D eigenvalue weighted by atomic mass is 9.92. The molecule has 0 fully saturated rings. The SMILES string of the molecule is COC(=O)c1ccc(OCC2c3cc(OC)c(OC)cc3CCN2C(=O)COc2ccccc2)cc1. The van der Waals surface area contributed by atoms with Crippen molar-refractivity contribution in [3.8, 4) is 23.0 Å². The van der Waals surface area contributed by atoms with Crippen LogP contribution in [0.5, 0.6) is 23.0 Å². The minimum Gasteiger partial charge on any atom is -0.493 e. The first-order valence-corrected chi connectivity index (χ1v) is 11.6. The van der Waals surface area contributed by atoms with Gasteiger partial charge in [-0.05, 0) is 66.1 Å². The molecule has 3 aromatic carbocycles. The molecule has 1 heterocycles. The summed E-state index contributed by atoms with van der Waals surface area (Å²) in [4.78, 5) is 26.8. The van der Waals surface area contributed by atoms with Gasteiger partial charge in [-0.3, -0.25) is 4.79 Å². The lowest BCUT2D eigenvalue weighted by Gasteiger charge is -2.37. The third-order valence-electron chi connectivity index (χ3n) is 6.11. The summed E-state index contributed by atoms with van der Waals surface area (Å²) in [6, 6.07) is 19.4. The molecule has 0 N–H and O–H groups in total. The fourth-order valence-corrected chi connectivity index (χ4v) is 4.23. The maximum absolute atomic E-state index is 13.3. The highest BCUT2D eigenvalue weighted by molar-refractivity contribution is 5.89. The van der Waals surface area contributed by atoms with Crippen molar-refractivity contribution >= 4 is 11.9 Å². The molecule has 4 rings (SSSR count). The molecule has 0 saturated heterocycles. The van der Waals surface area contributed by atoms with Crippen molar-refractivity contribution in [2.45, 2.75) is 12.5 Å². The normalized spacial score (nSPS) is 14.4. The predicted octanol–water partition coefficient (Wildman–Crippen LogP) is 4.07. The molecule has 1 atom stereocenters. The van der Waals surface area contributed by atoms with E-state index in [0.29, 0.717) is 41.5 Å². The Kier molecular flexibility index (Phi) is 7.95. The van der Waals surface area contributed by atoms with Crippen LogP contribution in [0.2, 0.25) is 0 Å². The third kappa shape index (κ3) is 5.54. The van der Waals surface area contributed by atoms with Gasteiger partial charge in [-0.1, -0.05) is 18.2 Å². The molecule has 0 radical (unpaired) electrons. The number of fused-ring (bicyclic) bond motifs is 1. The van der Waals surface area contributed by atoms with Gasteiger partial charge in [-0.2, -0.15) is 0 Å². The van der Waals surface area contributed by atoms with E-state index in [-0.39, 0.29) is 25.2 Å². The summed E-state index contributed by atoms with van der Waals surface area (Å²) < 4.78 is 27.6. The van der Waals surface area contributed by atoms with Crippen LogP contribution in [-0.2, 0) is 16.0 Å². The first kappa shape index (κ1) is 24.9. The maximum Gasteiger partial charge on any atom is 0.337 e. The van der Waals surface area contributed by atoms with Gasteiger partial charge < -0.3 is 28.6 Å². The molecule has 8 heteroatoms. The molecule has 0 spiro atoms. The van der Waals surface area contributed by atoms with Gasteiger partial charge in [0.1, 0.15) is 18.1 Å². The second-order valence-electron chi connectivity index (χ2n) is 8.19. The second kappa shape index (κ2) is 11.5. The Bertz CT molecular complexity index is 1190. The standard InChI is InChI=1S/C28H29NO7/c1-32-25-15-20-13-14-29(27(30)18-36-21-7-5-4-6-8-21)24(23(20)16-26(25)33-2)17-35-22-11-9-19(10-12-22)28(31)34-3/h4-12,15-16,24H,13-14,17-18H2,1-3H3. The first-order valence-electron chi connectivity index (χ1n) is 11.6. The molecule has 1 amide bonds. The zero-order valence-corrected chi connectivity index (χ0v) is 20.6. The molecule has 0 saturated carbocycles. The summed E-state index contributed by atoms with van der Waals surface area (Å²) in [5, 5.41) is 0. The number of hydrogen-bond donors (Lipinski definition) is 0. The fourth-order valence-electron chi connectivity index (χ4n) is 4.23. The summed E-state index contributed by atoms with van der Waals surface area (Å²) >= 11 is 0. The Labute approximate surface area is 210 Å². The van der Waals surface area contributed by atoms with Crippen LogP contribution in [-0.4, -0.2) is 57.9 Å². The van der Waals surface area contributed by atoms with Crippen LogP contribution in [0.3, 0.4) is 0 Å². The van der Waals surface area contributed by atoms with Gasteiger partial charge in [0.2, 0.25) is 0 Å². The van der Waals surface area contributed by atoms with Crippen molar-refractivity contribution in [1.82, 2.24) is 4.90 Å². The van der Waals surface area contributed by atoms with Gasteiger partial charge >= 0.3 is 5.97 Å². The monoisotopic (exact) mass is 491 g/mol. The van der Waals surface area contributed by atoms with E-state index in [4.69, 9.17) is 23.7 Å². The largest absolute Gasteiger partial charge is 0.493 e. The van der Waals surface area contributed by atoms with Gasteiger partial charge in [0.05, 0.1) is 32.9 Å². The number of hydrogen-bond acceptors (Lipinski definition) is 7. The Morgan fingerprint density at radius 3 is 2.19 bits per heavy atom. The number of ether oxygens (including phenoxy) is 5. The summed E-state index contributed by atoms with van der Waals surface area (Å²) in [6.45, 7) is 0.628. The second-order valence-corrected chi connectivity index (χ2v) is 8.19. The molecule has 0 bridgehead atoms. The first-order chi connectivity index (χ1) is 17.5. The third-order valence-corrected chi connectivity index (χ3v) is 6.11. The van der Waals surface area contributed by atoms with E-state index in [1.165, 1.54) is 7.11 Å². The molecule has 1 aliphatic rings. The van der Waals surface area contributed by atoms with Crippen molar-refractivity contribution < 1.29 is 33.3 Å². The molecule has 8 nitrogen and oxygen atoms in total. The van der Waals surface area contributed by atoms with Crippen LogP contribution in [0, 0.1) is 0 Å². The van der Waals surface area contributed by atoms with Crippen LogP contribution in [0.25, 0.3) is 0 Å². The number of carbonyl (C=O) groups excluding carboxylic acids is 2. The number of para-hydroxylation sites is 1. The average Bonchev–Trinajstić information content (AvgIpc) is 2.94. The van der Waals surface area contributed by atoms with Gasteiger partial charge in [0.15, 0.2) is 18.1 Å². The quantitative estimate of drug-likeness (QED) is 0.417. The van der Waals surface area contributed by atoms with Crippen molar-refractivity contribution in [1.29, 1.82) is 0 Å². The van der Waals surface area contributed by atoms with Crippen molar-refractivity contribution in [2.75, 3.05) is 41.1 Å². The van der Waals surface area contributed by atoms with Gasteiger partial charge in [-0.25, -0.2) is 4.79 Å². The minimum absolute atomic E-state index is 0.0863. The smallest absolute Gasteiger partial charge is 0.337 e. The molecule has 1 aliphatic heterocycles. The molecule has 36 heavy (non-hydrogen) atoms. The number of esters is 1. The summed E-state index contributed by atoms with van der Waals surface area (Å²) in [7, 11) is 4.52. The molecule has 0 aliphatic carbocycles. The highest BCUT2D eigenvalue weighted by Crippen LogP contribution is 2.38. The number of nitrogens with zero attached hydrogens (tertiary/aromatic N) is 1. The minimum atomic E-state index is -0.418. The molecule has 1 unspecified atom stereocenters. The van der Waals surface area contributed by atoms with Crippen LogP contribution in [0.15, 0.2) is 66.7 Å². The Morgan fingerprint density at radius 2 is 1.53 bits per heavy atom. The van der Waals surface area contributed by atoms with Gasteiger partial charge in [0.25, 0.3) is 5.91 Å². The van der Waals surface area contributed by atoms with E-state index in [2.05, 4.69) is 0 Å².